The molecule has 0 aromatic heterocycles. The number of Topliss-reactive ketones (excluding diaryl/α,β-unsaturated/α-hetero) is 1. The Bertz CT molecular complexity index is 251. The molecular formula is C15H26OS. The quantitative estimate of drug-likeness (QED) is 0.745. The SMILES string of the molecule is O=C(CCS)C1CCCCCC2CCCCC21. The van der Waals surface area contributed by atoms with E-state index in [4.69, 9.17) is 0 Å². The molecule has 3 unspecified atom stereocenters. The largest absolute Gasteiger partial charge is 0.299 e. The highest BCUT2D eigenvalue weighted by Crippen LogP contribution is 2.42. The lowest BCUT2D eigenvalue weighted by atomic mass is 9.66. The molecule has 1 nitrogen and oxygen atoms in total. The molecule has 0 aromatic carbocycles. The van der Waals surface area contributed by atoms with Crippen molar-refractivity contribution in [3.8, 4) is 0 Å². The van der Waals surface area contributed by atoms with Gasteiger partial charge in [-0.15, -0.1) is 0 Å². The molecule has 0 spiro atoms. The van der Waals surface area contributed by atoms with Crippen molar-refractivity contribution in [2.75, 3.05) is 5.75 Å². The lowest BCUT2D eigenvalue weighted by molar-refractivity contribution is -0.126. The molecule has 0 heterocycles. The monoisotopic (exact) mass is 254 g/mol. The molecule has 0 saturated heterocycles. The van der Waals surface area contributed by atoms with Gasteiger partial charge in [0, 0.05) is 12.3 Å². The molecule has 0 bridgehead atoms. The predicted molar refractivity (Wildman–Crippen MR) is 75.5 cm³/mol. The summed E-state index contributed by atoms with van der Waals surface area (Å²) in [6.07, 6.45) is 12.7. The zero-order chi connectivity index (χ0) is 12.1. The summed E-state index contributed by atoms with van der Waals surface area (Å²) >= 11 is 4.23. The molecule has 0 aromatic rings. The van der Waals surface area contributed by atoms with E-state index < -0.39 is 0 Å². The first-order valence-corrected chi connectivity index (χ1v) is 8.09. The van der Waals surface area contributed by atoms with E-state index in [1.165, 1.54) is 51.4 Å². The van der Waals surface area contributed by atoms with Gasteiger partial charge in [0.25, 0.3) is 0 Å². The van der Waals surface area contributed by atoms with Crippen LogP contribution in [0.25, 0.3) is 0 Å². The highest BCUT2D eigenvalue weighted by atomic mass is 32.1. The number of carbonyl (C=O) groups is 1. The first kappa shape index (κ1) is 13.5. The van der Waals surface area contributed by atoms with Crippen molar-refractivity contribution in [3.63, 3.8) is 0 Å². The predicted octanol–water partition coefficient (Wildman–Crippen LogP) is 4.26. The maximum absolute atomic E-state index is 12.3. The molecule has 0 N–H and O–H groups in total. The smallest absolute Gasteiger partial charge is 0.137 e. The lowest BCUT2D eigenvalue weighted by Gasteiger charge is -2.38. The fraction of sp³-hybridized carbons (Fsp3) is 0.933. The van der Waals surface area contributed by atoms with Crippen molar-refractivity contribution >= 4 is 18.4 Å². The number of rotatable bonds is 3. The van der Waals surface area contributed by atoms with Crippen molar-refractivity contribution in [2.45, 2.75) is 64.2 Å². The Labute approximate surface area is 111 Å². The van der Waals surface area contributed by atoms with Crippen LogP contribution in [-0.4, -0.2) is 11.5 Å². The second kappa shape index (κ2) is 6.82. The topological polar surface area (TPSA) is 17.1 Å². The highest BCUT2D eigenvalue weighted by Gasteiger charge is 2.35. The van der Waals surface area contributed by atoms with Crippen LogP contribution in [0.3, 0.4) is 0 Å². The van der Waals surface area contributed by atoms with Crippen LogP contribution in [0.5, 0.6) is 0 Å². The van der Waals surface area contributed by atoms with Gasteiger partial charge in [0.2, 0.25) is 0 Å². The molecular weight excluding hydrogens is 228 g/mol. The fourth-order valence-corrected chi connectivity index (χ4v) is 4.20. The van der Waals surface area contributed by atoms with Gasteiger partial charge in [0.15, 0.2) is 0 Å². The molecule has 2 aliphatic rings. The molecule has 2 saturated carbocycles. The summed E-state index contributed by atoms with van der Waals surface area (Å²) in [5.41, 5.74) is 0. The standard InChI is InChI=1S/C15H26OS/c16-15(10-11-17)14-9-3-1-2-6-12-7-4-5-8-13(12)14/h12-14,17H,1-11H2. The van der Waals surface area contributed by atoms with E-state index in [9.17, 15) is 4.79 Å². The van der Waals surface area contributed by atoms with Crippen molar-refractivity contribution in [1.29, 1.82) is 0 Å². The molecule has 2 heteroatoms. The summed E-state index contributed by atoms with van der Waals surface area (Å²) in [7, 11) is 0. The Morgan fingerprint density at radius 3 is 2.35 bits per heavy atom. The van der Waals surface area contributed by atoms with E-state index in [1.54, 1.807) is 0 Å². The number of thiol groups is 1. The van der Waals surface area contributed by atoms with Crippen LogP contribution < -0.4 is 0 Å². The van der Waals surface area contributed by atoms with Crippen molar-refractivity contribution in [3.05, 3.63) is 0 Å². The maximum Gasteiger partial charge on any atom is 0.137 e. The molecule has 98 valence electrons. The first-order chi connectivity index (χ1) is 8.33. The van der Waals surface area contributed by atoms with E-state index >= 15 is 0 Å². The Morgan fingerprint density at radius 2 is 1.59 bits per heavy atom. The molecule has 17 heavy (non-hydrogen) atoms. The van der Waals surface area contributed by atoms with Crippen molar-refractivity contribution < 1.29 is 4.79 Å². The summed E-state index contributed by atoms with van der Waals surface area (Å²) in [5.74, 6) is 3.20. The Hall–Kier alpha value is 0.0200. The summed E-state index contributed by atoms with van der Waals surface area (Å²) in [6, 6.07) is 0. The van der Waals surface area contributed by atoms with Gasteiger partial charge in [-0.2, -0.15) is 12.6 Å². The minimum Gasteiger partial charge on any atom is -0.299 e. The van der Waals surface area contributed by atoms with Crippen LogP contribution in [0, 0.1) is 17.8 Å². The van der Waals surface area contributed by atoms with E-state index in [0.717, 1.165) is 24.0 Å². The van der Waals surface area contributed by atoms with Crippen molar-refractivity contribution in [1.82, 2.24) is 0 Å². The van der Waals surface area contributed by atoms with Gasteiger partial charge in [-0.3, -0.25) is 4.79 Å². The third-order valence-corrected chi connectivity index (χ3v) is 5.07. The number of hydrogen-bond acceptors (Lipinski definition) is 2. The van der Waals surface area contributed by atoms with Gasteiger partial charge in [-0.05, 0) is 30.4 Å². The molecule has 2 rings (SSSR count). The summed E-state index contributed by atoms with van der Waals surface area (Å²) < 4.78 is 0. The zero-order valence-electron chi connectivity index (χ0n) is 10.9. The van der Waals surface area contributed by atoms with Crippen molar-refractivity contribution in [2.24, 2.45) is 17.8 Å². The van der Waals surface area contributed by atoms with E-state index in [-0.39, 0.29) is 0 Å². The van der Waals surface area contributed by atoms with Crippen LogP contribution >= 0.6 is 12.6 Å². The van der Waals surface area contributed by atoms with E-state index in [0.29, 0.717) is 18.1 Å². The fourth-order valence-electron chi connectivity index (χ4n) is 3.98. The van der Waals surface area contributed by atoms with Crippen LogP contribution in [0.2, 0.25) is 0 Å². The van der Waals surface area contributed by atoms with Gasteiger partial charge < -0.3 is 0 Å². The van der Waals surface area contributed by atoms with Crippen LogP contribution in [0.1, 0.15) is 64.2 Å². The Balaban J connectivity index is 2.05. The minimum absolute atomic E-state index is 0.382. The number of carbonyl (C=O) groups excluding carboxylic acids is 1. The Kier molecular flexibility index (Phi) is 5.40. The second-order valence-electron chi connectivity index (χ2n) is 5.89. The normalized spacial score (nSPS) is 34.5. The molecule has 0 radical (unpaired) electrons. The van der Waals surface area contributed by atoms with Gasteiger partial charge in [-0.1, -0.05) is 44.9 Å². The molecule has 0 aliphatic heterocycles. The number of fused-ring (bicyclic) bond motifs is 1. The lowest BCUT2D eigenvalue weighted by Crippen LogP contribution is -2.33. The minimum atomic E-state index is 0.382. The van der Waals surface area contributed by atoms with E-state index in [1.807, 2.05) is 0 Å². The summed E-state index contributed by atoms with van der Waals surface area (Å²) in [6.45, 7) is 0. The average molecular weight is 254 g/mol. The number of ketones is 1. The molecule has 3 atom stereocenters. The Morgan fingerprint density at radius 1 is 0.941 bits per heavy atom. The highest BCUT2D eigenvalue weighted by molar-refractivity contribution is 7.80. The summed E-state index contributed by atoms with van der Waals surface area (Å²) in [4.78, 5) is 12.3. The third-order valence-electron chi connectivity index (χ3n) is 4.85. The number of hydrogen-bond donors (Lipinski definition) is 1. The van der Waals surface area contributed by atoms with Gasteiger partial charge in [-0.25, -0.2) is 0 Å². The van der Waals surface area contributed by atoms with Gasteiger partial charge in [0.1, 0.15) is 5.78 Å². The van der Waals surface area contributed by atoms with Crippen LogP contribution in [0.15, 0.2) is 0 Å². The van der Waals surface area contributed by atoms with Crippen LogP contribution in [-0.2, 0) is 4.79 Å². The average Bonchev–Trinajstić information content (AvgIpc) is 2.30. The molecule has 0 amide bonds. The van der Waals surface area contributed by atoms with Crippen LogP contribution in [0.4, 0.5) is 0 Å². The maximum atomic E-state index is 12.3. The van der Waals surface area contributed by atoms with E-state index in [2.05, 4.69) is 12.6 Å². The zero-order valence-corrected chi connectivity index (χ0v) is 11.8. The molecule has 2 aliphatic carbocycles. The van der Waals surface area contributed by atoms with Gasteiger partial charge in [0.05, 0.1) is 0 Å². The first-order valence-electron chi connectivity index (χ1n) is 7.46. The van der Waals surface area contributed by atoms with Gasteiger partial charge >= 0.3 is 0 Å². The third kappa shape index (κ3) is 3.49. The summed E-state index contributed by atoms with van der Waals surface area (Å²) in [5, 5.41) is 0. The second-order valence-corrected chi connectivity index (χ2v) is 6.34. The molecule has 2 fully saturated rings.